The van der Waals surface area contributed by atoms with Gasteiger partial charge in [-0.15, -0.1) is 0 Å². The van der Waals surface area contributed by atoms with Crippen LogP contribution in [-0.2, 0) is 14.3 Å². The summed E-state index contributed by atoms with van der Waals surface area (Å²) in [5.74, 6) is 0.513. The van der Waals surface area contributed by atoms with Gasteiger partial charge in [0.05, 0.1) is 55.3 Å². The summed E-state index contributed by atoms with van der Waals surface area (Å²) < 4.78 is 10.7. The van der Waals surface area contributed by atoms with Crippen molar-refractivity contribution in [2.24, 2.45) is 9.98 Å². The minimum atomic E-state index is -0.400. The van der Waals surface area contributed by atoms with Crippen LogP contribution in [0.5, 0.6) is 0 Å². The van der Waals surface area contributed by atoms with Gasteiger partial charge >= 0.3 is 6.03 Å². The van der Waals surface area contributed by atoms with Crippen LogP contribution in [-0.4, -0.2) is 119 Å². The minimum Gasteiger partial charge on any atom is -0.378 e. The predicted octanol–water partition coefficient (Wildman–Crippen LogP) is 0.798. The highest BCUT2D eigenvalue weighted by Gasteiger charge is 2.38. The molecule has 4 aliphatic rings. The molecular weight excluding hydrogens is 528 g/mol. The smallest absolute Gasteiger partial charge is 0.322 e. The lowest BCUT2D eigenvalue weighted by Crippen LogP contribution is -2.46. The molecule has 0 radical (unpaired) electrons. The normalized spacial score (nSPS) is 22.1. The van der Waals surface area contributed by atoms with Gasteiger partial charge in [-0.2, -0.15) is 5.10 Å². The molecule has 210 valence electrons. The van der Waals surface area contributed by atoms with Gasteiger partial charge in [0.15, 0.2) is 5.65 Å². The first-order chi connectivity index (χ1) is 20.1. The lowest BCUT2D eigenvalue weighted by atomic mass is 9.99. The summed E-state index contributed by atoms with van der Waals surface area (Å²) in [6.45, 7) is 4.30. The van der Waals surface area contributed by atoms with E-state index < -0.39 is 6.04 Å². The van der Waals surface area contributed by atoms with Crippen molar-refractivity contribution >= 4 is 40.7 Å². The number of ether oxygens (including phenoxy) is 2. The van der Waals surface area contributed by atoms with Crippen LogP contribution in [0.2, 0.25) is 0 Å². The number of carbonyl (C=O) groups excluding carboxylic acids is 2. The van der Waals surface area contributed by atoms with E-state index in [1.165, 1.54) is 0 Å². The van der Waals surface area contributed by atoms with Crippen LogP contribution in [0.15, 0.2) is 52.5 Å². The second kappa shape index (κ2) is 10.7. The van der Waals surface area contributed by atoms with Crippen molar-refractivity contribution < 1.29 is 19.1 Å². The Labute approximate surface area is 234 Å². The molecule has 0 aliphatic carbocycles. The number of H-pyrrole nitrogens is 1. The zero-order valence-corrected chi connectivity index (χ0v) is 22.1. The van der Waals surface area contributed by atoms with Crippen molar-refractivity contribution in [3.05, 3.63) is 48.2 Å². The number of pyridine rings is 2. The lowest BCUT2D eigenvalue weighted by molar-refractivity contribution is -0.131. The molecule has 14 heteroatoms. The Morgan fingerprint density at radius 2 is 1.71 bits per heavy atom. The number of hydrogen-bond donors (Lipinski definition) is 3. The van der Waals surface area contributed by atoms with Gasteiger partial charge in [-0.25, -0.2) is 9.78 Å². The summed E-state index contributed by atoms with van der Waals surface area (Å²) >= 11 is 0. The first-order valence-electron chi connectivity index (χ1n) is 13.5. The fourth-order valence-electron chi connectivity index (χ4n) is 5.31. The molecule has 2 unspecified atom stereocenters. The summed E-state index contributed by atoms with van der Waals surface area (Å²) in [6.07, 6.45) is 8.42. The molecule has 2 saturated heterocycles. The molecule has 0 spiro atoms. The number of nitrogens with one attached hydrogen (secondary N) is 3. The summed E-state index contributed by atoms with van der Waals surface area (Å²) in [5.41, 5.74) is 3.92. The van der Waals surface area contributed by atoms with E-state index in [4.69, 9.17) is 14.5 Å². The maximum Gasteiger partial charge on any atom is 0.322 e. The third kappa shape index (κ3) is 4.91. The van der Waals surface area contributed by atoms with E-state index in [0.717, 1.165) is 16.5 Å². The van der Waals surface area contributed by atoms with E-state index in [9.17, 15) is 9.59 Å². The molecule has 2 fully saturated rings. The molecule has 3 aromatic rings. The Bertz CT molecular complexity index is 1590. The van der Waals surface area contributed by atoms with Crippen molar-refractivity contribution in [3.63, 3.8) is 0 Å². The molecule has 41 heavy (non-hydrogen) atoms. The van der Waals surface area contributed by atoms with Gasteiger partial charge in [-0.05, 0) is 12.1 Å². The Morgan fingerprint density at radius 1 is 0.951 bits per heavy atom. The number of morpholine rings is 2. The van der Waals surface area contributed by atoms with E-state index >= 15 is 0 Å². The fourth-order valence-corrected chi connectivity index (χ4v) is 5.31. The number of aromatic amines is 1. The molecule has 3 amide bonds. The first kappa shape index (κ1) is 25.3. The van der Waals surface area contributed by atoms with Gasteiger partial charge in [0.2, 0.25) is 0 Å². The largest absolute Gasteiger partial charge is 0.378 e. The van der Waals surface area contributed by atoms with Gasteiger partial charge in [-0.3, -0.25) is 24.9 Å². The number of anilines is 1. The predicted molar refractivity (Wildman–Crippen MR) is 150 cm³/mol. The third-order valence-electron chi connectivity index (χ3n) is 7.50. The zero-order chi connectivity index (χ0) is 27.8. The highest BCUT2D eigenvalue weighted by atomic mass is 16.5. The topological polar surface area (TPSA) is 162 Å². The molecule has 0 saturated carbocycles. The number of hydrogen-bond acceptors (Lipinski definition) is 10. The quantitative estimate of drug-likeness (QED) is 0.425. The summed E-state index contributed by atoms with van der Waals surface area (Å²) in [5, 5.41) is 14.5. The molecule has 7 heterocycles. The number of amides is 3. The number of aromatic nitrogens is 4. The van der Waals surface area contributed by atoms with Crippen LogP contribution in [0.4, 0.5) is 10.5 Å². The number of amidine groups is 1. The van der Waals surface area contributed by atoms with Crippen molar-refractivity contribution in [3.8, 4) is 11.1 Å². The summed E-state index contributed by atoms with van der Waals surface area (Å²) in [4.78, 5) is 47.5. The Hall–Kier alpha value is -4.69. The maximum atomic E-state index is 13.2. The van der Waals surface area contributed by atoms with Crippen LogP contribution in [0.3, 0.4) is 0 Å². The third-order valence-corrected chi connectivity index (χ3v) is 7.50. The Kier molecular flexibility index (Phi) is 6.60. The van der Waals surface area contributed by atoms with Gasteiger partial charge in [-0.1, -0.05) is 0 Å². The summed E-state index contributed by atoms with van der Waals surface area (Å²) in [7, 11) is 0. The van der Waals surface area contributed by atoms with Crippen molar-refractivity contribution in [2.45, 2.75) is 12.1 Å². The van der Waals surface area contributed by atoms with E-state index in [1.807, 2.05) is 12.1 Å². The SMILES string of the molecule is O=C(Nc1cncc(-c2cnc3n[nH]c(C4=NC5C(C(=O)N6CCOCC6)=CN=CC5N4)c3c2)c1)N1CCOCC1. The minimum absolute atomic E-state index is 0.0709. The Balaban J connectivity index is 1.14. The molecule has 14 nitrogen and oxygen atoms in total. The number of urea groups is 1. The van der Waals surface area contributed by atoms with Crippen LogP contribution >= 0.6 is 0 Å². The van der Waals surface area contributed by atoms with Crippen LogP contribution in [0, 0.1) is 0 Å². The first-order valence-corrected chi connectivity index (χ1v) is 13.5. The van der Waals surface area contributed by atoms with Crippen molar-refractivity contribution in [1.82, 2.24) is 35.3 Å². The van der Waals surface area contributed by atoms with Crippen LogP contribution in [0.1, 0.15) is 5.69 Å². The summed E-state index contributed by atoms with van der Waals surface area (Å²) in [6, 6.07) is 2.98. The zero-order valence-electron chi connectivity index (χ0n) is 22.1. The van der Waals surface area contributed by atoms with Gasteiger partial charge in [0.25, 0.3) is 5.91 Å². The van der Waals surface area contributed by atoms with Crippen LogP contribution < -0.4 is 10.6 Å². The van der Waals surface area contributed by atoms with Gasteiger partial charge in [0.1, 0.15) is 17.6 Å². The van der Waals surface area contributed by atoms with Crippen LogP contribution in [0.25, 0.3) is 22.2 Å². The highest BCUT2D eigenvalue weighted by molar-refractivity contribution is 6.11. The van der Waals surface area contributed by atoms with E-state index in [1.54, 1.807) is 40.8 Å². The average Bonchev–Trinajstić information content (AvgIpc) is 3.65. The maximum absolute atomic E-state index is 13.2. The molecule has 3 aromatic heterocycles. The number of aliphatic imine (C=N–C) groups is 2. The molecule has 4 aliphatic heterocycles. The van der Waals surface area contributed by atoms with E-state index in [0.29, 0.717) is 81.0 Å². The second-order valence-corrected chi connectivity index (χ2v) is 10.1. The fraction of sp³-hybridized carbons (Fsp3) is 0.370. The van der Waals surface area contributed by atoms with Gasteiger partial charge < -0.3 is 29.9 Å². The lowest BCUT2D eigenvalue weighted by Gasteiger charge is -2.30. The van der Waals surface area contributed by atoms with Gasteiger partial charge in [0, 0.05) is 62.1 Å². The number of rotatable bonds is 4. The average molecular weight is 557 g/mol. The van der Waals surface area contributed by atoms with E-state index in [-0.39, 0.29) is 18.0 Å². The van der Waals surface area contributed by atoms with Crippen molar-refractivity contribution in [1.29, 1.82) is 0 Å². The molecular formula is C27H28N10O4. The highest BCUT2D eigenvalue weighted by Crippen LogP contribution is 2.28. The molecule has 7 rings (SSSR count). The Morgan fingerprint density at radius 3 is 2.51 bits per heavy atom. The second-order valence-electron chi connectivity index (χ2n) is 10.1. The van der Waals surface area contributed by atoms with Crippen molar-refractivity contribution in [2.75, 3.05) is 57.9 Å². The molecule has 2 atom stereocenters. The molecule has 0 aromatic carbocycles. The monoisotopic (exact) mass is 556 g/mol. The molecule has 0 bridgehead atoms. The number of nitrogens with zero attached hydrogens (tertiary/aromatic N) is 7. The van der Waals surface area contributed by atoms with E-state index in [2.05, 4.69) is 35.8 Å². The molecule has 3 N–H and O–H groups in total. The number of fused-ring (bicyclic) bond motifs is 2. The standard InChI is InChI=1S/C27H28N10O4/c38-26(36-1-5-40-6-2-36)20-14-29-15-21-22(20)33-25(32-21)23-19-10-17(12-30-24(19)35-34-23)16-9-18(13-28-11-16)31-27(39)37-3-7-41-8-4-37/h9-15,21-22H,1-8H2,(H,31,39)(H,32,33)(H,30,34,35). The number of carbonyl (C=O) groups is 2.